The Bertz CT molecular complexity index is 819. The molecular weight excluding hydrogens is 270 g/mol. The van der Waals surface area contributed by atoms with Gasteiger partial charge in [-0.2, -0.15) is 0 Å². The molecule has 0 aliphatic heterocycles. The molecule has 6 heteroatoms. The zero-order valence-corrected chi connectivity index (χ0v) is 11.0. The highest BCUT2D eigenvalue weighted by atomic mass is 35.5. The molecule has 2 heterocycles. The molecule has 1 aromatic carbocycles. The highest BCUT2D eigenvalue weighted by Gasteiger charge is 2.08. The van der Waals surface area contributed by atoms with Gasteiger partial charge in [0.15, 0.2) is 0 Å². The zero-order valence-electron chi connectivity index (χ0n) is 9.42. The van der Waals surface area contributed by atoms with Gasteiger partial charge in [0.1, 0.15) is 5.82 Å². The summed E-state index contributed by atoms with van der Waals surface area (Å²) in [5, 5.41) is 8.49. The summed E-state index contributed by atoms with van der Waals surface area (Å²) in [6.45, 7) is 1.76. The maximum Gasteiger partial charge on any atom is 0.275 e. The van der Waals surface area contributed by atoms with E-state index in [4.69, 9.17) is 11.6 Å². The van der Waals surface area contributed by atoms with E-state index in [0.717, 1.165) is 5.56 Å². The van der Waals surface area contributed by atoms with Crippen molar-refractivity contribution in [2.45, 2.75) is 6.92 Å². The average molecular weight is 278 g/mol. The number of hydrogen-bond donors (Lipinski definition) is 0. The van der Waals surface area contributed by atoms with Crippen molar-refractivity contribution in [1.82, 2.24) is 14.6 Å². The van der Waals surface area contributed by atoms with Crippen molar-refractivity contribution in [3.05, 3.63) is 55.6 Å². The third-order valence-electron chi connectivity index (χ3n) is 2.58. The minimum atomic E-state index is -0.0764. The Balaban J connectivity index is 2.23. The Hall–Kier alpha value is -1.72. The van der Waals surface area contributed by atoms with E-state index in [0.29, 0.717) is 20.3 Å². The standard InChI is InChI=1S/C12H8ClN3OS/c1-7-14-15-12-16(7)11(17)10(18-12)6-8-2-4-9(13)5-3-8/h2-6H,1H3/b10-6-. The first kappa shape index (κ1) is 11.4. The number of hydrogen-bond acceptors (Lipinski definition) is 4. The van der Waals surface area contributed by atoms with Gasteiger partial charge in [0.25, 0.3) is 5.56 Å². The van der Waals surface area contributed by atoms with Gasteiger partial charge >= 0.3 is 0 Å². The quantitative estimate of drug-likeness (QED) is 0.680. The number of nitrogens with zero attached hydrogens (tertiary/aromatic N) is 3. The van der Waals surface area contributed by atoms with Gasteiger partial charge in [-0.25, -0.2) is 4.40 Å². The second-order valence-electron chi connectivity index (χ2n) is 3.83. The lowest BCUT2D eigenvalue weighted by molar-refractivity contribution is 0.984. The highest BCUT2D eigenvalue weighted by molar-refractivity contribution is 7.15. The Morgan fingerprint density at radius 1 is 1.28 bits per heavy atom. The molecule has 0 atom stereocenters. The van der Waals surface area contributed by atoms with E-state index in [1.165, 1.54) is 15.7 Å². The molecule has 0 radical (unpaired) electrons. The molecule has 4 nitrogen and oxygen atoms in total. The van der Waals surface area contributed by atoms with Crippen molar-refractivity contribution < 1.29 is 0 Å². The molecule has 0 N–H and O–H groups in total. The molecule has 2 aromatic heterocycles. The van der Waals surface area contributed by atoms with Gasteiger partial charge in [0, 0.05) is 5.02 Å². The average Bonchev–Trinajstić information content (AvgIpc) is 2.85. The lowest BCUT2D eigenvalue weighted by atomic mass is 10.2. The number of rotatable bonds is 1. The van der Waals surface area contributed by atoms with Crippen LogP contribution in [0.1, 0.15) is 11.4 Å². The molecule has 3 rings (SSSR count). The minimum absolute atomic E-state index is 0.0764. The van der Waals surface area contributed by atoms with Crippen molar-refractivity contribution in [3.63, 3.8) is 0 Å². The Labute approximate surface area is 111 Å². The van der Waals surface area contributed by atoms with Crippen LogP contribution in [0, 0.1) is 6.92 Å². The molecule has 0 saturated heterocycles. The molecule has 0 aliphatic rings. The number of fused-ring (bicyclic) bond motifs is 1. The third kappa shape index (κ3) is 1.81. The number of thiazole rings is 1. The van der Waals surface area contributed by atoms with Gasteiger partial charge in [0.05, 0.1) is 4.53 Å². The summed E-state index contributed by atoms with van der Waals surface area (Å²) in [5.41, 5.74) is 0.860. The van der Waals surface area contributed by atoms with Crippen LogP contribution in [0.4, 0.5) is 0 Å². The van der Waals surface area contributed by atoms with Gasteiger partial charge in [-0.15, -0.1) is 10.2 Å². The predicted octanol–water partition coefficient (Wildman–Crippen LogP) is 1.66. The van der Waals surface area contributed by atoms with Gasteiger partial charge in [0.2, 0.25) is 4.96 Å². The van der Waals surface area contributed by atoms with Gasteiger partial charge in [-0.1, -0.05) is 35.1 Å². The summed E-state index contributed by atoms with van der Waals surface area (Å²) in [5.74, 6) is 0.613. The molecular formula is C12H8ClN3OS. The van der Waals surface area contributed by atoms with E-state index in [-0.39, 0.29) is 5.56 Å². The van der Waals surface area contributed by atoms with E-state index in [1.54, 1.807) is 19.1 Å². The maximum absolute atomic E-state index is 12.1. The van der Waals surface area contributed by atoms with Gasteiger partial charge < -0.3 is 0 Å². The van der Waals surface area contributed by atoms with E-state index < -0.39 is 0 Å². The van der Waals surface area contributed by atoms with Crippen molar-refractivity contribution in [2.24, 2.45) is 0 Å². The topological polar surface area (TPSA) is 47.3 Å². The summed E-state index contributed by atoms with van der Waals surface area (Å²) >= 11 is 7.15. The van der Waals surface area contributed by atoms with Crippen molar-refractivity contribution in [1.29, 1.82) is 0 Å². The number of halogens is 1. The van der Waals surface area contributed by atoms with Crippen LogP contribution in [0.5, 0.6) is 0 Å². The highest BCUT2D eigenvalue weighted by Crippen LogP contribution is 2.10. The first-order valence-corrected chi connectivity index (χ1v) is 6.46. The van der Waals surface area contributed by atoms with E-state index >= 15 is 0 Å². The van der Waals surface area contributed by atoms with E-state index in [9.17, 15) is 4.79 Å². The van der Waals surface area contributed by atoms with Crippen LogP contribution in [0.2, 0.25) is 5.02 Å². The SMILES string of the molecule is Cc1nnc2s/c(=C\c3ccc(Cl)cc3)c(=O)n12. The summed E-state index contributed by atoms with van der Waals surface area (Å²) in [6.07, 6.45) is 1.83. The molecule has 0 aliphatic carbocycles. The van der Waals surface area contributed by atoms with Crippen LogP contribution >= 0.6 is 22.9 Å². The number of aryl methyl sites for hydroxylation is 1. The smallest absolute Gasteiger partial charge is 0.267 e. The van der Waals surface area contributed by atoms with Crippen LogP contribution < -0.4 is 10.1 Å². The maximum atomic E-state index is 12.1. The Morgan fingerprint density at radius 2 is 2.00 bits per heavy atom. The first-order valence-electron chi connectivity index (χ1n) is 5.27. The summed E-state index contributed by atoms with van der Waals surface area (Å²) < 4.78 is 2.16. The summed E-state index contributed by atoms with van der Waals surface area (Å²) in [6, 6.07) is 7.33. The lowest BCUT2D eigenvalue weighted by Crippen LogP contribution is -2.23. The molecule has 0 spiro atoms. The predicted molar refractivity (Wildman–Crippen MR) is 72.1 cm³/mol. The fourth-order valence-electron chi connectivity index (χ4n) is 1.70. The molecule has 3 aromatic rings. The second-order valence-corrected chi connectivity index (χ2v) is 5.28. The monoisotopic (exact) mass is 277 g/mol. The van der Waals surface area contributed by atoms with Crippen LogP contribution in [0.15, 0.2) is 29.1 Å². The zero-order chi connectivity index (χ0) is 12.7. The minimum Gasteiger partial charge on any atom is -0.267 e. The largest absolute Gasteiger partial charge is 0.275 e. The normalized spacial score (nSPS) is 12.4. The third-order valence-corrected chi connectivity index (χ3v) is 3.79. The lowest BCUT2D eigenvalue weighted by Gasteiger charge is -1.91. The number of benzene rings is 1. The van der Waals surface area contributed by atoms with Gasteiger partial charge in [-0.05, 0) is 30.7 Å². The van der Waals surface area contributed by atoms with Crippen molar-refractivity contribution in [2.75, 3.05) is 0 Å². The molecule has 18 heavy (non-hydrogen) atoms. The first-order chi connectivity index (χ1) is 8.65. The second kappa shape index (κ2) is 4.19. The molecule has 0 saturated carbocycles. The van der Waals surface area contributed by atoms with Crippen LogP contribution in [-0.2, 0) is 0 Å². The molecule has 0 bridgehead atoms. The molecule has 0 fully saturated rings. The Morgan fingerprint density at radius 3 is 2.67 bits per heavy atom. The molecule has 90 valence electrons. The van der Waals surface area contributed by atoms with E-state index in [2.05, 4.69) is 10.2 Å². The van der Waals surface area contributed by atoms with Crippen LogP contribution in [0.3, 0.4) is 0 Å². The Kier molecular flexibility index (Phi) is 2.65. The van der Waals surface area contributed by atoms with Crippen LogP contribution in [0.25, 0.3) is 11.0 Å². The molecule has 0 amide bonds. The summed E-state index contributed by atoms with van der Waals surface area (Å²) in [4.78, 5) is 12.7. The summed E-state index contributed by atoms with van der Waals surface area (Å²) in [7, 11) is 0. The fraction of sp³-hybridized carbons (Fsp3) is 0.0833. The number of aromatic nitrogens is 3. The van der Waals surface area contributed by atoms with Gasteiger partial charge in [-0.3, -0.25) is 4.79 Å². The molecule has 0 unspecified atom stereocenters. The van der Waals surface area contributed by atoms with Crippen molar-refractivity contribution >= 4 is 34.0 Å². The van der Waals surface area contributed by atoms with E-state index in [1.807, 2.05) is 18.2 Å². The van der Waals surface area contributed by atoms with Crippen molar-refractivity contribution in [3.8, 4) is 0 Å². The fourth-order valence-corrected chi connectivity index (χ4v) is 2.78. The van der Waals surface area contributed by atoms with Crippen LogP contribution in [-0.4, -0.2) is 14.6 Å².